The number of rotatable bonds is 6. The van der Waals surface area contributed by atoms with Crippen LogP contribution in [0.15, 0.2) is 188 Å². The van der Waals surface area contributed by atoms with Crippen molar-refractivity contribution >= 4 is 60.7 Å². The monoisotopic (exact) mass is 653 g/mol. The maximum absolute atomic E-state index is 5.14. The van der Waals surface area contributed by atoms with E-state index in [0.717, 1.165) is 72.7 Å². The molecule has 0 aliphatic rings. The predicted molar refractivity (Wildman–Crippen MR) is 211 cm³/mol. The molecule has 0 aliphatic heterocycles. The lowest BCUT2D eigenvalue weighted by Crippen LogP contribution is -2.09. The third kappa shape index (κ3) is 4.63. The van der Waals surface area contributed by atoms with Gasteiger partial charge in [0.25, 0.3) is 0 Å². The molecule has 51 heavy (non-hydrogen) atoms. The Morgan fingerprint density at radius 3 is 1.71 bits per heavy atom. The first-order valence-electron chi connectivity index (χ1n) is 17.2. The van der Waals surface area contributed by atoms with Crippen LogP contribution >= 0.6 is 0 Å². The first-order chi connectivity index (χ1) is 25.3. The Hall–Kier alpha value is -6.98. The van der Waals surface area contributed by atoms with E-state index in [2.05, 4.69) is 178 Å². The molecular weight excluding hydrogens is 623 g/mol. The minimum atomic E-state index is 0.880. The predicted octanol–water partition coefficient (Wildman–Crippen LogP) is 11.8. The summed E-state index contributed by atoms with van der Waals surface area (Å²) in [5, 5.41) is 4.65. The highest BCUT2D eigenvalue weighted by Crippen LogP contribution is 2.43. The lowest BCUT2D eigenvalue weighted by Gasteiger charge is -2.25. The van der Waals surface area contributed by atoms with Gasteiger partial charge < -0.3 is 9.47 Å². The number of anilines is 3. The zero-order chi connectivity index (χ0) is 33.7. The van der Waals surface area contributed by atoms with Crippen molar-refractivity contribution in [3.8, 4) is 22.8 Å². The van der Waals surface area contributed by atoms with Crippen LogP contribution in [0.5, 0.6) is 0 Å². The molecule has 0 bridgehead atoms. The van der Waals surface area contributed by atoms with E-state index in [1.807, 2.05) is 24.5 Å². The largest absolute Gasteiger partial charge is 0.311 e. The van der Waals surface area contributed by atoms with Gasteiger partial charge in [-0.15, -0.1) is 0 Å². The van der Waals surface area contributed by atoms with Crippen LogP contribution < -0.4 is 4.90 Å². The second kappa shape index (κ2) is 11.9. The summed E-state index contributed by atoms with van der Waals surface area (Å²) in [6.45, 7) is 0. The Balaban J connectivity index is 1.19. The highest BCUT2D eigenvalue weighted by Gasteiger charge is 2.22. The molecular formula is C46H31N5. The summed E-state index contributed by atoms with van der Waals surface area (Å²) < 4.78 is 4.65. The summed E-state index contributed by atoms with van der Waals surface area (Å²) >= 11 is 0. The van der Waals surface area contributed by atoms with Crippen LogP contribution in [0.4, 0.5) is 17.1 Å². The van der Waals surface area contributed by atoms with Gasteiger partial charge in [-0.2, -0.15) is 0 Å². The number of hydrogen-bond donors (Lipinski definition) is 0. The molecule has 0 spiro atoms. The Morgan fingerprint density at radius 2 is 1.00 bits per heavy atom. The quantitative estimate of drug-likeness (QED) is 0.179. The third-order valence-electron chi connectivity index (χ3n) is 9.81. The van der Waals surface area contributed by atoms with Crippen molar-refractivity contribution in [2.24, 2.45) is 0 Å². The van der Waals surface area contributed by atoms with Crippen molar-refractivity contribution in [1.82, 2.24) is 19.1 Å². The average molecular weight is 654 g/mol. The van der Waals surface area contributed by atoms with Crippen LogP contribution in [0, 0.1) is 0 Å². The van der Waals surface area contributed by atoms with E-state index in [9.17, 15) is 0 Å². The molecule has 240 valence electrons. The molecule has 0 radical (unpaired) electrons. The molecule has 0 saturated heterocycles. The molecule has 4 aromatic heterocycles. The Labute approximate surface area is 294 Å². The lowest BCUT2D eigenvalue weighted by atomic mass is 10.0. The Kier molecular flexibility index (Phi) is 6.74. The van der Waals surface area contributed by atoms with Gasteiger partial charge in [0.1, 0.15) is 5.82 Å². The maximum atomic E-state index is 5.14. The minimum Gasteiger partial charge on any atom is -0.311 e. The van der Waals surface area contributed by atoms with Crippen LogP contribution in [0.25, 0.3) is 66.4 Å². The molecule has 0 N–H and O–H groups in total. The van der Waals surface area contributed by atoms with E-state index in [1.165, 1.54) is 10.8 Å². The van der Waals surface area contributed by atoms with Gasteiger partial charge in [0, 0.05) is 62.3 Å². The van der Waals surface area contributed by atoms with Crippen molar-refractivity contribution in [2.45, 2.75) is 0 Å². The summed E-state index contributed by atoms with van der Waals surface area (Å²) in [6.07, 6.45) is 3.80. The summed E-state index contributed by atoms with van der Waals surface area (Å²) in [4.78, 5) is 12.2. The number of aromatic nitrogens is 4. The maximum Gasteiger partial charge on any atom is 0.137 e. The molecule has 6 aromatic carbocycles. The van der Waals surface area contributed by atoms with E-state index in [0.29, 0.717) is 0 Å². The number of hydrogen-bond acceptors (Lipinski definition) is 3. The fraction of sp³-hybridized carbons (Fsp3) is 0. The molecule has 10 rings (SSSR count). The van der Waals surface area contributed by atoms with Crippen molar-refractivity contribution < 1.29 is 0 Å². The molecule has 10 aromatic rings. The second-order valence-electron chi connectivity index (χ2n) is 12.7. The van der Waals surface area contributed by atoms with E-state index in [-0.39, 0.29) is 0 Å². The number of benzene rings is 6. The molecule has 0 aliphatic carbocycles. The standard InChI is InChI=1S/C46H31N5/c1-3-14-32(15-4-1)49(33-16-5-2-6-17-33)34-25-27-35(28-26-34)50-41-23-10-8-19-38(41)44-42(50)29-31-48-45(44)39-21-13-20-37-36-18-7-9-22-40(36)51(46(37)39)43-24-11-12-30-47-43/h1-31H. The number of pyridine rings is 2. The Morgan fingerprint density at radius 1 is 0.392 bits per heavy atom. The van der Waals surface area contributed by atoms with Gasteiger partial charge >= 0.3 is 0 Å². The van der Waals surface area contributed by atoms with E-state index >= 15 is 0 Å². The van der Waals surface area contributed by atoms with Crippen LogP contribution in [-0.2, 0) is 0 Å². The zero-order valence-corrected chi connectivity index (χ0v) is 27.6. The summed E-state index contributed by atoms with van der Waals surface area (Å²) in [5.74, 6) is 0.880. The van der Waals surface area contributed by atoms with Crippen molar-refractivity contribution in [3.63, 3.8) is 0 Å². The summed E-state index contributed by atoms with van der Waals surface area (Å²) in [7, 11) is 0. The lowest BCUT2D eigenvalue weighted by molar-refractivity contribution is 1.08. The van der Waals surface area contributed by atoms with Crippen LogP contribution in [0.3, 0.4) is 0 Å². The van der Waals surface area contributed by atoms with Crippen LogP contribution in [0.2, 0.25) is 0 Å². The molecule has 0 amide bonds. The van der Waals surface area contributed by atoms with Crippen LogP contribution in [0.1, 0.15) is 0 Å². The summed E-state index contributed by atoms with van der Waals surface area (Å²) in [6, 6.07) is 61.9. The van der Waals surface area contributed by atoms with Crippen molar-refractivity contribution in [3.05, 3.63) is 188 Å². The Bertz CT molecular complexity index is 2800. The minimum absolute atomic E-state index is 0.880. The molecule has 0 saturated carbocycles. The molecule has 0 unspecified atom stereocenters. The molecule has 0 fully saturated rings. The SMILES string of the molecule is c1ccc(N(c2ccccc2)c2ccc(-n3c4ccccc4c4c(-c5cccc6c7ccccc7n(-c7ccccn7)c56)nccc43)cc2)cc1. The first-order valence-corrected chi connectivity index (χ1v) is 17.2. The first kappa shape index (κ1) is 29.0. The highest BCUT2D eigenvalue weighted by atomic mass is 15.1. The van der Waals surface area contributed by atoms with Gasteiger partial charge in [-0.3, -0.25) is 9.55 Å². The van der Waals surface area contributed by atoms with E-state index in [4.69, 9.17) is 9.97 Å². The zero-order valence-electron chi connectivity index (χ0n) is 27.6. The van der Waals surface area contributed by atoms with Crippen LogP contribution in [-0.4, -0.2) is 19.1 Å². The number of nitrogens with zero attached hydrogens (tertiary/aromatic N) is 5. The summed E-state index contributed by atoms with van der Waals surface area (Å²) in [5.41, 5.74) is 10.9. The average Bonchev–Trinajstić information content (AvgIpc) is 3.73. The highest BCUT2D eigenvalue weighted by molar-refractivity contribution is 6.19. The van der Waals surface area contributed by atoms with Gasteiger partial charge in [-0.05, 0) is 78.9 Å². The fourth-order valence-electron chi connectivity index (χ4n) is 7.68. The van der Waals surface area contributed by atoms with Crippen molar-refractivity contribution in [2.75, 3.05) is 4.90 Å². The molecule has 5 heteroatoms. The number of para-hydroxylation sites is 5. The van der Waals surface area contributed by atoms with Gasteiger partial charge in [-0.1, -0.05) is 97.1 Å². The smallest absolute Gasteiger partial charge is 0.137 e. The van der Waals surface area contributed by atoms with E-state index in [1.54, 1.807) is 0 Å². The van der Waals surface area contributed by atoms with Gasteiger partial charge in [-0.25, -0.2) is 4.98 Å². The molecule has 4 heterocycles. The second-order valence-corrected chi connectivity index (χ2v) is 12.7. The molecule has 5 nitrogen and oxygen atoms in total. The topological polar surface area (TPSA) is 38.9 Å². The van der Waals surface area contributed by atoms with E-state index < -0.39 is 0 Å². The normalized spacial score (nSPS) is 11.5. The van der Waals surface area contributed by atoms with Crippen molar-refractivity contribution in [1.29, 1.82) is 0 Å². The van der Waals surface area contributed by atoms with Gasteiger partial charge in [0.2, 0.25) is 0 Å². The number of fused-ring (bicyclic) bond motifs is 6. The third-order valence-corrected chi connectivity index (χ3v) is 9.81. The van der Waals surface area contributed by atoms with Gasteiger partial charge in [0.15, 0.2) is 0 Å². The van der Waals surface area contributed by atoms with Gasteiger partial charge in [0.05, 0.1) is 27.8 Å². The molecule has 0 atom stereocenters. The fourth-order valence-corrected chi connectivity index (χ4v) is 7.68.